The van der Waals surface area contributed by atoms with Gasteiger partial charge in [-0.1, -0.05) is 12.1 Å². The summed E-state index contributed by atoms with van der Waals surface area (Å²) >= 11 is 5.91. The van der Waals surface area contributed by atoms with Crippen LogP contribution in [0.25, 0.3) is 0 Å². The van der Waals surface area contributed by atoms with Crippen LogP contribution in [0, 0.1) is 11.6 Å². The molecule has 2 aromatic rings. The molecule has 6 heteroatoms. The number of ether oxygens (including phenoxy) is 3. The maximum absolute atomic E-state index is 13.2. The Morgan fingerprint density at radius 2 is 1.67 bits per heavy atom. The molecule has 0 bridgehead atoms. The molecule has 0 N–H and O–H groups in total. The van der Waals surface area contributed by atoms with Crippen LogP contribution in [0.3, 0.4) is 0 Å². The van der Waals surface area contributed by atoms with Crippen LogP contribution < -0.4 is 4.74 Å². The molecule has 0 amide bonds. The van der Waals surface area contributed by atoms with E-state index in [2.05, 4.69) is 0 Å². The highest BCUT2D eigenvalue weighted by Crippen LogP contribution is 2.29. The van der Waals surface area contributed by atoms with Crippen LogP contribution in [-0.4, -0.2) is 24.9 Å². The highest BCUT2D eigenvalue weighted by molar-refractivity contribution is 6.17. The number of benzene rings is 2. The van der Waals surface area contributed by atoms with E-state index in [9.17, 15) is 8.78 Å². The lowest BCUT2D eigenvalue weighted by atomic mass is 10.1. The van der Waals surface area contributed by atoms with Gasteiger partial charge in [0.15, 0.2) is 6.29 Å². The summed E-state index contributed by atoms with van der Waals surface area (Å²) in [6.45, 7) is 0.377. The van der Waals surface area contributed by atoms with Crippen molar-refractivity contribution < 1.29 is 23.0 Å². The molecule has 0 aromatic heterocycles. The summed E-state index contributed by atoms with van der Waals surface area (Å²) in [4.78, 5) is 0. The molecule has 1 fully saturated rings. The first kappa shape index (κ1) is 20.1. The third kappa shape index (κ3) is 6.16. The standard InChI is InChI=1S/C21H23ClF2O3/c22-13-12-20(15-4-6-16(23)7-5-15)27-21-3-1-2-19(26-21)14-25-18-10-8-17(24)9-11-18/h4-11,19-21H,1-3,12-14H2. The number of alkyl halides is 1. The van der Waals surface area contributed by atoms with E-state index >= 15 is 0 Å². The van der Waals surface area contributed by atoms with Gasteiger partial charge in [-0.2, -0.15) is 0 Å². The second-order valence-corrected chi connectivity index (χ2v) is 6.92. The van der Waals surface area contributed by atoms with E-state index in [4.69, 9.17) is 25.8 Å². The second-order valence-electron chi connectivity index (χ2n) is 6.54. The highest BCUT2D eigenvalue weighted by Gasteiger charge is 2.26. The van der Waals surface area contributed by atoms with Crippen LogP contribution in [0.4, 0.5) is 8.78 Å². The first-order valence-electron chi connectivity index (χ1n) is 9.15. The van der Waals surface area contributed by atoms with Gasteiger partial charge >= 0.3 is 0 Å². The van der Waals surface area contributed by atoms with Crippen molar-refractivity contribution in [1.82, 2.24) is 0 Å². The molecule has 0 aliphatic carbocycles. The quantitative estimate of drug-likeness (QED) is 0.541. The average molecular weight is 397 g/mol. The lowest BCUT2D eigenvalue weighted by molar-refractivity contribution is -0.221. The maximum Gasteiger partial charge on any atom is 0.158 e. The fourth-order valence-electron chi connectivity index (χ4n) is 3.08. The van der Waals surface area contributed by atoms with Crippen molar-refractivity contribution in [2.24, 2.45) is 0 Å². The predicted octanol–water partition coefficient (Wildman–Crippen LogP) is 5.63. The topological polar surface area (TPSA) is 27.7 Å². The van der Waals surface area contributed by atoms with Gasteiger partial charge < -0.3 is 14.2 Å². The van der Waals surface area contributed by atoms with Crippen LogP contribution in [-0.2, 0) is 9.47 Å². The van der Waals surface area contributed by atoms with Gasteiger partial charge in [-0.05, 0) is 67.6 Å². The minimum Gasteiger partial charge on any atom is -0.491 e. The van der Waals surface area contributed by atoms with Crippen molar-refractivity contribution in [3.63, 3.8) is 0 Å². The Morgan fingerprint density at radius 1 is 1.00 bits per heavy atom. The van der Waals surface area contributed by atoms with Crippen molar-refractivity contribution in [2.75, 3.05) is 12.5 Å². The van der Waals surface area contributed by atoms with E-state index in [1.807, 2.05) is 0 Å². The van der Waals surface area contributed by atoms with Crippen molar-refractivity contribution in [3.8, 4) is 5.75 Å². The third-order valence-electron chi connectivity index (χ3n) is 4.49. The molecule has 3 unspecified atom stereocenters. The van der Waals surface area contributed by atoms with Gasteiger partial charge in [0.2, 0.25) is 0 Å². The van der Waals surface area contributed by atoms with Crippen molar-refractivity contribution in [1.29, 1.82) is 0 Å². The Labute approximate surface area is 163 Å². The molecule has 3 rings (SSSR count). The molecule has 1 heterocycles. The monoisotopic (exact) mass is 396 g/mol. The average Bonchev–Trinajstić information content (AvgIpc) is 2.68. The lowest BCUT2D eigenvalue weighted by Gasteiger charge is -2.32. The van der Waals surface area contributed by atoms with E-state index < -0.39 is 0 Å². The minimum atomic E-state index is -0.362. The largest absolute Gasteiger partial charge is 0.491 e. The van der Waals surface area contributed by atoms with E-state index in [-0.39, 0.29) is 30.1 Å². The Hall–Kier alpha value is -1.69. The summed E-state index contributed by atoms with van der Waals surface area (Å²) in [6.07, 6.45) is 2.52. The van der Waals surface area contributed by atoms with E-state index in [1.54, 1.807) is 24.3 Å². The Kier molecular flexibility index (Phi) is 7.44. The van der Waals surface area contributed by atoms with Gasteiger partial charge in [-0.25, -0.2) is 8.78 Å². The third-order valence-corrected chi connectivity index (χ3v) is 4.71. The molecule has 3 nitrogen and oxygen atoms in total. The Morgan fingerprint density at radius 3 is 2.33 bits per heavy atom. The number of rotatable bonds is 8. The van der Waals surface area contributed by atoms with Gasteiger partial charge in [0.1, 0.15) is 24.0 Å². The summed E-state index contributed by atoms with van der Waals surface area (Å²) < 4.78 is 43.9. The van der Waals surface area contributed by atoms with Gasteiger partial charge in [0.25, 0.3) is 0 Å². The predicted molar refractivity (Wildman–Crippen MR) is 100.0 cm³/mol. The Bertz CT molecular complexity index is 694. The second kappa shape index (κ2) is 10.0. The zero-order chi connectivity index (χ0) is 19.1. The zero-order valence-electron chi connectivity index (χ0n) is 15.0. The Balaban J connectivity index is 1.54. The summed E-state index contributed by atoms with van der Waals surface area (Å²) in [5, 5.41) is 0. The molecular weight excluding hydrogens is 374 g/mol. The van der Waals surface area contributed by atoms with Crippen molar-refractivity contribution >= 4 is 11.6 Å². The van der Waals surface area contributed by atoms with Crippen LogP contribution in [0.1, 0.15) is 37.4 Å². The normalized spacial score (nSPS) is 21.0. The minimum absolute atomic E-state index is 0.0985. The summed E-state index contributed by atoms with van der Waals surface area (Å²) in [7, 11) is 0. The van der Waals surface area contributed by atoms with Crippen LogP contribution in [0.2, 0.25) is 0 Å². The fraction of sp³-hybridized carbons (Fsp3) is 0.429. The molecule has 0 radical (unpaired) electrons. The maximum atomic E-state index is 13.2. The number of hydrogen-bond donors (Lipinski definition) is 0. The summed E-state index contributed by atoms with van der Waals surface area (Å²) in [5.41, 5.74) is 0.880. The number of halogens is 3. The van der Waals surface area contributed by atoms with E-state index in [0.717, 1.165) is 24.8 Å². The van der Waals surface area contributed by atoms with Crippen LogP contribution in [0.5, 0.6) is 5.75 Å². The summed E-state index contributed by atoms with van der Waals surface area (Å²) in [6, 6.07) is 12.2. The summed E-state index contributed by atoms with van der Waals surface area (Å²) in [5.74, 6) is 0.465. The molecule has 3 atom stereocenters. The molecule has 0 spiro atoms. The van der Waals surface area contributed by atoms with Gasteiger partial charge in [-0.3, -0.25) is 0 Å². The van der Waals surface area contributed by atoms with E-state index in [0.29, 0.717) is 24.7 Å². The van der Waals surface area contributed by atoms with Crippen LogP contribution in [0.15, 0.2) is 48.5 Å². The van der Waals surface area contributed by atoms with Gasteiger partial charge in [-0.15, -0.1) is 11.6 Å². The molecule has 1 aliphatic rings. The molecule has 27 heavy (non-hydrogen) atoms. The highest BCUT2D eigenvalue weighted by atomic mass is 35.5. The fourth-order valence-corrected chi connectivity index (χ4v) is 3.28. The first-order chi connectivity index (χ1) is 13.1. The van der Waals surface area contributed by atoms with Crippen molar-refractivity contribution in [3.05, 3.63) is 65.7 Å². The molecule has 146 valence electrons. The molecule has 1 aliphatic heterocycles. The molecule has 1 saturated heterocycles. The molecular formula is C21H23ClF2O3. The number of hydrogen-bond acceptors (Lipinski definition) is 3. The first-order valence-corrected chi connectivity index (χ1v) is 9.68. The lowest BCUT2D eigenvalue weighted by Crippen LogP contribution is -2.34. The van der Waals surface area contributed by atoms with Crippen LogP contribution >= 0.6 is 11.6 Å². The zero-order valence-corrected chi connectivity index (χ0v) is 15.7. The SMILES string of the molecule is Fc1ccc(OCC2CCCC(OC(CCCl)c3ccc(F)cc3)O2)cc1. The smallest absolute Gasteiger partial charge is 0.158 e. The molecule has 0 saturated carbocycles. The van der Waals surface area contributed by atoms with E-state index in [1.165, 1.54) is 24.3 Å². The van der Waals surface area contributed by atoms with Crippen molar-refractivity contribution in [2.45, 2.75) is 44.2 Å². The van der Waals surface area contributed by atoms with Gasteiger partial charge in [0, 0.05) is 5.88 Å². The molecule has 2 aromatic carbocycles. The van der Waals surface area contributed by atoms with Gasteiger partial charge in [0.05, 0.1) is 12.2 Å².